The van der Waals surface area contributed by atoms with Crippen molar-refractivity contribution in [3.05, 3.63) is 16.1 Å². The molecule has 26 heavy (non-hydrogen) atoms. The van der Waals surface area contributed by atoms with Gasteiger partial charge in [-0.25, -0.2) is 4.98 Å². The fraction of sp³-hybridized carbons (Fsp3) is 0.750. The van der Waals surface area contributed by atoms with E-state index in [9.17, 15) is 13.2 Å². The standard InChI is InChI=1S/C16H25N3O5S2/c1-12-17-14(11-25-12)10-24-15-5-8-19(9-15)26(21,22)18-6-3-13(4-7-18)16(20)23-2/h11,13,15H,3-10H2,1-2H3/t15-/m1/s1. The van der Waals surface area contributed by atoms with Gasteiger partial charge in [0.15, 0.2) is 0 Å². The molecular formula is C16H25N3O5S2. The molecule has 1 aromatic rings. The first kappa shape index (κ1) is 19.7. The van der Waals surface area contributed by atoms with Gasteiger partial charge in [-0.15, -0.1) is 11.3 Å². The van der Waals surface area contributed by atoms with Crippen molar-refractivity contribution in [3.63, 3.8) is 0 Å². The lowest BCUT2D eigenvalue weighted by atomic mass is 9.99. The maximum Gasteiger partial charge on any atom is 0.308 e. The number of hydrogen-bond acceptors (Lipinski definition) is 7. The van der Waals surface area contributed by atoms with Gasteiger partial charge >= 0.3 is 5.97 Å². The Kier molecular flexibility index (Phi) is 6.29. The smallest absolute Gasteiger partial charge is 0.308 e. The first-order valence-corrected chi connectivity index (χ1v) is 11.0. The van der Waals surface area contributed by atoms with Gasteiger partial charge in [-0.3, -0.25) is 4.79 Å². The third kappa shape index (κ3) is 4.42. The molecule has 0 aromatic carbocycles. The lowest BCUT2D eigenvalue weighted by molar-refractivity contribution is -0.146. The zero-order valence-corrected chi connectivity index (χ0v) is 16.7. The fourth-order valence-corrected chi connectivity index (χ4v) is 5.66. The highest BCUT2D eigenvalue weighted by molar-refractivity contribution is 7.86. The highest BCUT2D eigenvalue weighted by atomic mass is 32.2. The van der Waals surface area contributed by atoms with Crippen LogP contribution in [-0.2, 0) is 31.1 Å². The van der Waals surface area contributed by atoms with E-state index in [1.54, 1.807) is 11.3 Å². The van der Waals surface area contributed by atoms with E-state index in [2.05, 4.69) is 4.98 Å². The normalized spacial score (nSPS) is 23.4. The first-order chi connectivity index (χ1) is 12.4. The molecule has 0 radical (unpaired) electrons. The molecule has 2 saturated heterocycles. The van der Waals surface area contributed by atoms with Gasteiger partial charge < -0.3 is 9.47 Å². The van der Waals surface area contributed by atoms with Gasteiger partial charge in [-0.1, -0.05) is 0 Å². The van der Waals surface area contributed by atoms with E-state index in [1.807, 2.05) is 12.3 Å². The predicted molar refractivity (Wildman–Crippen MR) is 96.9 cm³/mol. The molecule has 10 heteroatoms. The van der Waals surface area contributed by atoms with Gasteiger partial charge in [0.25, 0.3) is 10.2 Å². The highest BCUT2D eigenvalue weighted by Crippen LogP contribution is 2.25. The SMILES string of the molecule is COC(=O)C1CCN(S(=O)(=O)N2CC[C@@H](OCc3csc(C)n3)C2)CC1. The van der Waals surface area contributed by atoms with Gasteiger partial charge in [-0.2, -0.15) is 17.0 Å². The van der Waals surface area contributed by atoms with Crippen LogP contribution in [0.3, 0.4) is 0 Å². The van der Waals surface area contributed by atoms with Crippen molar-refractivity contribution in [2.24, 2.45) is 5.92 Å². The molecule has 2 aliphatic rings. The number of thiazole rings is 1. The quantitative estimate of drug-likeness (QED) is 0.663. The third-order valence-corrected chi connectivity index (χ3v) is 7.71. The van der Waals surface area contributed by atoms with Crippen molar-refractivity contribution in [2.45, 2.75) is 38.9 Å². The molecule has 3 rings (SSSR count). The number of piperidine rings is 1. The zero-order chi connectivity index (χ0) is 18.7. The Bertz CT molecular complexity index is 728. The van der Waals surface area contributed by atoms with Gasteiger partial charge in [0.1, 0.15) is 0 Å². The van der Waals surface area contributed by atoms with E-state index in [-0.39, 0.29) is 18.0 Å². The molecule has 0 bridgehead atoms. The van der Waals surface area contributed by atoms with E-state index in [1.165, 1.54) is 15.7 Å². The van der Waals surface area contributed by atoms with Crippen LogP contribution in [0.5, 0.6) is 0 Å². The van der Waals surface area contributed by atoms with Crippen LogP contribution in [0.15, 0.2) is 5.38 Å². The zero-order valence-electron chi connectivity index (χ0n) is 15.1. The molecule has 0 N–H and O–H groups in total. The summed E-state index contributed by atoms with van der Waals surface area (Å²) in [4.78, 5) is 15.9. The minimum absolute atomic E-state index is 0.112. The van der Waals surface area contributed by atoms with Crippen LogP contribution in [0.25, 0.3) is 0 Å². The monoisotopic (exact) mass is 403 g/mol. The minimum Gasteiger partial charge on any atom is -0.469 e. The second-order valence-electron chi connectivity index (χ2n) is 6.64. The molecule has 1 aromatic heterocycles. The third-order valence-electron chi connectivity index (χ3n) is 4.88. The van der Waals surface area contributed by atoms with Crippen LogP contribution in [0.1, 0.15) is 30.0 Å². The van der Waals surface area contributed by atoms with E-state index >= 15 is 0 Å². The Morgan fingerprint density at radius 3 is 2.58 bits per heavy atom. The van der Waals surface area contributed by atoms with Crippen molar-refractivity contribution in [1.29, 1.82) is 0 Å². The summed E-state index contributed by atoms with van der Waals surface area (Å²) >= 11 is 1.58. The Morgan fingerprint density at radius 1 is 1.27 bits per heavy atom. The van der Waals surface area contributed by atoms with Crippen LogP contribution in [-0.4, -0.2) is 67.4 Å². The maximum absolute atomic E-state index is 12.8. The summed E-state index contributed by atoms with van der Waals surface area (Å²) in [5.74, 6) is -0.461. The molecule has 1 atom stereocenters. The molecular weight excluding hydrogens is 378 g/mol. The summed E-state index contributed by atoms with van der Waals surface area (Å²) in [6, 6.07) is 0. The van der Waals surface area contributed by atoms with Gasteiger partial charge in [0.2, 0.25) is 0 Å². The Labute approximate surface area is 158 Å². The first-order valence-electron chi connectivity index (χ1n) is 8.76. The van der Waals surface area contributed by atoms with Crippen LogP contribution < -0.4 is 0 Å². The number of hydrogen-bond donors (Lipinski definition) is 0. The summed E-state index contributed by atoms with van der Waals surface area (Å²) in [6.07, 6.45) is 1.58. The van der Waals surface area contributed by atoms with E-state index in [0.29, 0.717) is 52.0 Å². The van der Waals surface area contributed by atoms with Crippen molar-refractivity contribution in [3.8, 4) is 0 Å². The molecule has 0 unspecified atom stereocenters. The molecule has 8 nitrogen and oxygen atoms in total. The molecule has 0 aliphatic carbocycles. The second-order valence-corrected chi connectivity index (χ2v) is 9.63. The van der Waals surface area contributed by atoms with E-state index in [0.717, 1.165) is 10.7 Å². The molecule has 2 fully saturated rings. The molecule has 3 heterocycles. The van der Waals surface area contributed by atoms with E-state index < -0.39 is 10.2 Å². The van der Waals surface area contributed by atoms with Gasteiger partial charge in [0, 0.05) is 31.6 Å². The molecule has 0 saturated carbocycles. The topological polar surface area (TPSA) is 89.0 Å². The molecule has 2 aliphatic heterocycles. The minimum atomic E-state index is -3.51. The van der Waals surface area contributed by atoms with Crippen molar-refractivity contribution >= 4 is 27.5 Å². The average Bonchev–Trinajstić information content (AvgIpc) is 3.28. The fourth-order valence-electron chi connectivity index (χ4n) is 3.37. The number of ether oxygens (including phenoxy) is 2. The number of carbonyl (C=O) groups excluding carboxylic acids is 1. The van der Waals surface area contributed by atoms with Crippen LogP contribution >= 0.6 is 11.3 Å². The molecule has 0 amide bonds. The average molecular weight is 404 g/mol. The largest absolute Gasteiger partial charge is 0.469 e. The number of carbonyl (C=O) groups is 1. The summed E-state index contributed by atoms with van der Waals surface area (Å²) in [7, 11) is -2.14. The second kappa shape index (κ2) is 8.30. The number of esters is 1. The number of aromatic nitrogens is 1. The number of aryl methyl sites for hydroxylation is 1. The molecule has 0 spiro atoms. The lowest BCUT2D eigenvalue weighted by Gasteiger charge is -2.32. The van der Waals surface area contributed by atoms with E-state index in [4.69, 9.17) is 9.47 Å². The van der Waals surface area contributed by atoms with Crippen molar-refractivity contribution in [2.75, 3.05) is 33.3 Å². The Morgan fingerprint density at radius 2 is 1.96 bits per heavy atom. The number of rotatable bonds is 6. The number of methoxy groups -OCH3 is 1. The summed E-state index contributed by atoms with van der Waals surface area (Å²) < 4.78 is 39.2. The van der Waals surface area contributed by atoms with Gasteiger partial charge in [-0.05, 0) is 26.2 Å². The maximum atomic E-state index is 12.8. The van der Waals surface area contributed by atoms with Gasteiger partial charge in [0.05, 0.1) is 36.4 Å². The summed E-state index contributed by atoms with van der Waals surface area (Å²) in [6.45, 7) is 3.88. The number of nitrogens with zero attached hydrogens (tertiary/aromatic N) is 3. The lowest BCUT2D eigenvalue weighted by Crippen LogP contribution is -2.47. The van der Waals surface area contributed by atoms with Crippen LogP contribution in [0.2, 0.25) is 0 Å². The Hall–Kier alpha value is -1.07. The van der Waals surface area contributed by atoms with Crippen molar-refractivity contribution in [1.82, 2.24) is 13.6 Å². The van der Waals surface area contributed by atoms with Crippen LogP contribution in [0, 0.1) is 12.8 Å². The summed E-state index contributed by atoms with van der Waals surface area (Å²) in [5.41, 5.74) is 0.888. The van der Waals surface area contributed by atoms with Crippen LogP contribution in [0.4, 0.5) is 0 Å². The van der Waals surface area contributed by atoms with Crippen molar-refractivity contribution < 1.29 is 22.7 Å². The predicted octanol–water partition coefficient (Wildman–Crippen LogP) is 1.17. The Balaban J connectivity index is 1.50. The molecule has 146 valence electrons. The summed E-state index contributed by atoms with van der Waals surface area (Å²) in [5, 5.41) is 2.96. The highest BCUT2D eigenvalue weighted by Gasteiger charge is 2.38.